The largest absolute Gasteiger partial charge is 0.488 e. The number of carbonyl (C=O) groups is 1. The van der Waals surface area contributed by atoms with Gasteiger partial charge in [0.2, 0.25) is 5.16 Å². The number of carboxylic acids is 1. The number of rotatable bonds is 9. The maximum absolute atomic E-state index is 12.0. The van der Waals surface area contributed by atoms with Crippen LogP contribution in [0, 0.1) is 10.1 Å². The highest BCUT2D eigenvalue weighted by atomic mass is 79.9. The summed E-state index contributed by atoms with van der Waals surface area (Å²) in [5.41, 5.74) is 1.99. The van der Waals surface area contributed by atoms with E-state index >= 15 is 0 Å². The van der Waals surface area contributed by atoms with Gasteiger partial charge in [-0.3, -0.25) is 15.2 Å². The van der Waals surface area contributed by atoms with Crippen molar-refractivity contribution in [3.05, 3.63) is 102 Å². The number of halogens is 2. The highest BCUT2D eigenvalue weighted by molar-refractivity contribution is 9.10. The molecule has 0 bridgehead atoms. The van der Waals surface area contributed by atoms with Crippen LogP contribution in [0.15, 0.2) is 81.3 Å². The van der Waals surface area contributed by atoms with Gasteiger partial charge in [0.05, 0.1) is 4.92 Å². The molecule has 3 aromatic carbocycles. The number of benzene rings is 3. The van der Waals surface area contributed by atoms with E-state index in [2.05, 4.69) is 31.1 Å². The molecule has 12 heteroatoms. The minimum absolute atomic E-state index is 0.0136. The standard InChI is InChI=1S/C24H16BrClN4O5S/c25-17-5-10-20(35-13-14-1-8-19(9-2-14)30(33)34)16(11-17)12-21(23(31)32)36-24-27-22(28-29-24)15-3-6-18(26)7-4-15/h1-12H,13H2,(H,31,32)(H,27,28,29)/b21-12-. The van der Waals surface area contributed by atoms with Gasteiger partial charge in [-0.2, -0.15) is 0 Å². The Kier molecular flexibility index (Phi) is 8.04. The molecule has 0 spiro atoms. The van der Waals surface area contributed by atoms with Gasteiger partial charge in [-0.15, -0.1) is 5.10 Å². The third kappa shape index (κ3) is 6.51. The van der Waals surface area contributed by atoms with E-state index in [0.717, 1.165) is 27.4 Å². The molecule has 0 saturated carbocycles. The van der Waals surface area contributed by atoms with E-state index in [1.165, 1.54) is 18.2 Å². The molecule has 0 fully saturated rings. The molecule has 0 amide bonds. The van der Waals surface area contributed by atoms with E-state index in [1.807, 2.05) is 0 Å². The molecule has 4 aromatic rings. The molecule has 0 atom stereocenters. The number of H-pyrrole nitrogens is 1. The van der Waals surface area contributed by atoms with E-state index in [1.54, 1.807) is 54.6 Å². The molecular weight excluding hydrogens is 572 g/mol. The van der Waals surface area contributed by atoms with Crippen LogP contribution in [0.3, 0.4) is 0 Å². The van der Waals surface area contributed by atoms with Gasteiger partial charge in [-0.05, 0) is 78.0 Å². The summed E-state index contributed by atoms with van der Waals surface area (Å²) in [6, 6.07) is 18.2. The number of thioether (sulfide) groups is 1. The van der Waals surface area contributed by atoms with Crippen LogP contribution in [0.2, 0.25) is 5.02 Å². The van der Waals surface area contributed by atoms with Gasteiger partial charge in [0, 0.05) is 32.8 Å². The van der Waals surface area contributed by atoms with E-state index < -0.39 is 10.9 Å². The molecule has 0 aliphatic heterocycles. The topological polar surface area (TPSA) is 131 Å². The summed E-state index contributed by atoms with van der Waals surface area (Å²) in [6.45, 7) is 0.140. The van der Waals surface area contributed by atoms with Crippen molar-refractivity contribution in [3.8, 4) is 17.1 Å². The number of hydrogen-bond donors (Lipinski definition) is 2. The molecule has 0 aliphatic rings. The third-order valence-corrected chi connectivity index (χ3v) is 6.42. The second kappa shape index (κ2) is 11.4. The van der Waals surface area contributed by atoms with Crippen molar-refractivity contribution in [1.29, 1.82) is 0 Å². The SMILES string of the molecule is O=C(O)/C(=C/c1cc(Br)ccc1OCc1ccc([N+](=O)[O-])cc1)Sc1n[nH]c(-c2ccc(Cl)cc2)n1. The summed E-state index contributed by atoms with van der Waals surface area (Å²) in [7, 11) is 0. The van der Waals surface area contributed by atoms with Crippen LogP contribution in [-0.2, 0) is 11.4 Å². The summed E-state index contributed by atoms with van der Waals surface area (Å²) < 4.78 is 6.63. The van der Waals surface area contributed by atoms with Gasteiger partial charge in [-0.1, -0.05) is 27.5 Å². The summed E-state index contributed by atoms with van der Waals surface area (Å²) in [4.78, 5) is 26.7. The van der Waals surface area contributed by atoms with Crippen LogP contribution >= 0.6 is 39.3 Å². The number of nitro benzene ring substituents is 1. The number of nitrogens with one attached hydrogen (secondary N) is 1. The predicted molar refractivity (Wildman–Crippen MR) is 140 cm³/mol. The van der Waals surface area contributed by atoms with Crippen molar-refractivity contribution < 1.29 is 19.6 Å². The Morgan fingerprint density at radius 2 is 1.89 bits per heavy atom. The lowest BCUT2D eigenvalue weighted by Gasteiger charge is -2.11. The number of nitrogens with zero attached hydrogens (tertiary/aromatic N) is 3. The van der Waals surface area contributed by atoms with Crippen molar-refractivity contribution in [2.24, 2.45) is 0 Å². The van der Waals surface area contributed by atoms with E-state index in [4.69, 9.17) is 16.3 Å². The second-order valence-electron chi connectivity index (χ2n) is 7.28. The van der Waals surface area contributed by atoms with Crippen LogP contribution in [0.4, 0.5) is 5.69 Å². The van der Waals surface area contributed by atoms with Crippen molar-refractivity contribution in [2.45, 2.75) is 11.8 Å². The van der Waals surface area contributed by atoms with E-state index in [0.29, 0.717) is 22.2 Å². The van der Waals surface area contributed by atoms with Crippen LogP contribution in [0.5, 0.6) is 5.75 Å². The Balaban J connectivity index is 1.55. The van der Waals surface area contributed by atoms with Crippen molar-refractivity contribution in [3.63, 3.8) is 0 Å². The fourth-order valence-electron chi connectivity index (χ4n) is 3.04. The summed E-state index contributed by atoms with van der Waals surface area (Å²) in [6.07, 6.45) is 1.47. The molecular formula is C24H16BrClN4O5S. The Morgan fingerprint density at radius 3 is 2.56 bits per heavy atom. The zero-order valence-electron chi connectivity index (χ0n) is 18.2. The number of hydrogen-bond acceptors (Lipinski definition) is 7. The first-order chi connectivity index (χ1) is 17.3. The van der Waals surface area contributed by atoms with Gasteiger partial charge in [0.15, 0.2) is 5.82 Å². The van der Waals surface area contributed by atoms with E-state index in [-0.39, 0.29) is 22.4 Å². The van der Waals surface area contributed by atoms with Crippen LogP contribution < -0.4 is 4.74 Å². The molecule has 9 nitrogen and oxygen atoms in total. The number of nitro groups is 1. The monoisotopic (exact) mass is 586 g/mol. The molecule has 0 unspecified atom stereocenters. The smallest absolute Gasteiger partial charge is 0.342 e. The van der Waals surface area contributed by atoms with Gasteiger partial charge >= 0.3 is 5.97 Å². The zero-order chi connectivity index (χ0) is 25.7. The molecule has 4 rings (SSSR count). The minimum Gasteiger partial charge on any atom is -0.488 e. The first-order valence-corrected chi connectivity index (χ1v) is 12.2. The number of aliphatic carboxylic acids is 1. The average molecular weight is 588 g/mol. The van der Waals surface area contributed by atoms with Crippen molar-refractivity contribution >= 4 is 57.0 Å². The fourth-order valence-corrected chi connectivity index (χ4v) is 4.24. The van der Waals surface area contributed by atoms with Gasteiger partial charge < -0.3 is 9.84 Å². The highest BCUT2D eigenvalue weighted by Crippen LogP contribution is 2.32. The summed E-state index contributed by atoms with van der Waals surface area (Å²) in [5.74, 6) is -0.236. The van der Waals surface area contributed by atoms with E-state index in [9.17, 15) is 20.0 Å². The number of non-ortho nitro benzene ring substituents is 1. The molecule has 36 heavy (non-hydrogen) atoms. The van der Waals surface area contributed by atoms with Crippen LogP contribution in [0.25, 0.3) is 17.5 Å². The van der Waals surface area contributed by atoms with Gasteiger partial charge in [0.1, 0.15) is 17.3 Å². The maximum Gasteiger partial charge on any atom is 0.342 e. The lowest BCUT2D eigenvalue weighted by molar-refractivity contribution is -0.384. The summed E-state index contributed by atoms with van der Waals surface area (Å²) in [5, 5.41) is 28.4. The quantitative estimate of drug-likeness (QED) is 0.0970. The Labute approximate surface area is 222 Å². The molecule has 182 valence electrons. The van der Waals surface area contributed by atoms with Gasteiger partial charge in [0.25, 0.3) is 5.69 Å². The molecule has 1 heterocycles. The molecule has 0 saturated heterocycles. The first-order valence-electron chi connectivity index (χ1n) is 10.3. The Hall–Kier alpha value is -3.67. The Morgan fingerprint density at radius 1 is 1.17 bits per heavy atom. The maximum atomic E-state index is 12.0. The lowest BCUT2D eigenvalue weighted by atomic mass is 10.2. The number of carboxylic acid groups (broad SMARTS) is 1. The predicted octanol–water partition coefficient (Wildman–Crippen LogP) is 6.59. The van der Waals surface area contributed by atoms with Crippen molar-refractivity contribution in [2.75, 3.05) is 0 Å². The molecule has 1 aromatic heterocycles. The van der Waals surface area contributed by atoms with Gasteiger partial charge in [-0.25, -0.2) is 9.78 Å². The molecule has 0 radical (unpaired) electrons. The zero-order valence-corrected chi connectivity index (χ0v) is 21.4. The third-order valence-electron chi connectivity index (χ3n) is 4.79. The molecule has 0 aliphatic carbocycles. The van der Waals surface area contributed by atoms with Crippen LogP contribution in [0.1, 0.15) is 11.1 Å². The second-order valence-corrected chi connectivity index (χ2v) is 9.64. The highest BCUT2D eigenvalue weighted by Gasteiger charge is 2.16. The normalized spacial score (nSPS) is 11.3. The average Bonchev–Trinajstić information content (AvgIpc) is 3.32. The number of ether oxygens (including phenoxy) is 1. The summed E-state index contributed by atoms with van der Waals surface area (Å²) >= 11 is 10.2. The lowest BCUT2D eigenvalue weighted by Crippen LogP contribution is -2.00. The minimum atomic E-state index is -1.15. The van der Waals surface area contributed by atoms with Crippen molar-refractivity contribution in [1.82, 2.24) is 15.2 Å². The fraction of sp³-hybridized carbons (Fsp3) is 0.0417. The molecule has 2 N–H and O–H groups in total. The number of aromatic amines is 1. The van der Waals surface area contributed by atoms with Crippen LogP contribution in [-0.4, -0.2) is 31.2 Å². The number of aromatic nitrogens is 3. The first kappa shape index (κ1) is 25.4. The Bertz CT molecular complexity index is 1440.